The molecule has 1 aliphatic carbocycles. The van der Waals surface area contributed by atoms with E-state index in [4.69, 9.17) is 10.7 Å². The molecule has 0 unspecified atom stereocenters. The quantitative estimate of drug-likeness (QED) is 0.663. The molecule has 1 aromatic carbocycles. The Hall–Kier alpha value is -1.16. The van der Waals surface area contributed by atoms with Gasteiger partial charge in [0, 0.05) is 18.2 Å². The Morgan fingerprint density at radius 1 is 1.44 bits per heavy atom. The number of anilines is 1. The first-order chi connectivity index (χ1) is 8.79. The van der Waals surface area contributed by atoms with Crippen molar-refractivity contribution >= 4 is 28.5 Å². The molecule has 0 amide bonds. The SMILES string of the molecule is CSCCCn1c(C2CC2)nc2cc(N)ccc21. The van der Waals surface area contributed by atoms with Crippen molar-refractivity contribution in [1.29, 1.82) is 0 Å². The molecule has 0 atom stereocenters. The van der Waals surface area contributed by atoms with Crippen LogP contribution in [0.3, 0.4) is 0 Å². The normalized spacial score (nSPS) is 15.4. The van der Waals surface area contributed by atoms with Crippen molar-refractivity contribution < 1.29 is 0 Å². The van der Waals surface area contributed by atoms with Crippen molar-refractivity contribution in [2.45, 2.75) is 31.7 Å². The summed E-state index contributed by atoms with van der Waals surface area (Å²) in [7, 11) is 0. The van der Waals surface area contributed by atoms with Crippen LogP contribution in [0.5, 0.6) is 0 Å². The maximum absolute atomic E-state index is 5.84. The van der Waals surface area contributed by atoms with Crippen molar-refractivity contribution in [3.05, 3.63) is 24.0 Å². The van der Waals surface area contributed by atoms with E-state index in [9.17, 15) is 0 Å². The lowest BCUT2D eigenvalue weighted by atomic mass is 10.3. The fraction of sp³-hybridized carbons (Fsp3) is 0.500. The minimum absolute atomic E-state index is 0.688. The molecule has 0 radical (unpaired) electrons. The fourth-order valence-corrected chi connectivity index (χ4v) is 2.84. The number of thioether (sulfide) groups is 1. The number of hydrogen-bond donors (Lipinski definition) is 1. The minimum atomic E-state index is 0.688. The van der Waals surface area contributed by atoms with Gasteiger partial charge in [-0.2, -0.15) is 11.8 Å². The van der Waals surface area contributed by atoms with E-state index in [1.54, 1.807) is 0 Å². The van der Waals surface area contributed by atoms with Gasteiger partial charge in [0.25, 0.3) is 0 Å². The molecule has 4 heteroatoms. The zero-order valence-electron chi connectivity index (χ0n) is 10.7. The number of nitrogen functional groups attached to an aromatic ring is 1. The summed E-state index contributed by atoms with van der Waals surface area (Å²) in [6.45, 7) is 1.08. The fourth-order valence-electron chi connectivity index (χ4n) is 2.42. The molecule has 18 heavy (non-hydrogen) atoms. The van der Waals surface area contributed by atoms with Gasteiger partial charge in [-0.05, 0) is 49.5 Å². The van der Waals surface area contributed by atoms with Crippen molar-refractivity contribution in [2.75, 3.05) is 17.7 Å². The summed E-state index contributed by atoms with van der Waals surface area (Å²) in [5.74, 6) is 3.17. The lowest BCUT2D eigenvalue weighted by Gasteiger charge is -2.08. The van der Waals surface area contributed by atoms with Gasteiger partial charge in [0.05, 0.1) is 11.0 Å². The molecule has 1 fully saturated rings. The molecule has 2 N–H and O–H groups in total. The highest BCUT2D eigenvalue weighted by Crippen LogP contribution is 2.40. The topological polar surface area (TPSA) is 43.8 Å². The highest BCUT2D eigenvalue weighted by Gasteiger charge is 2.29. The van der Waals surface area contributed by atoms with Crippen LogP contribution >= 0.6 is 11.8 Å². The summed E-state index contributed by atoms with van der Waals surface area (Å²) < 4.78 is 2.41. The van der Waals surface area contributed by atoms with E-state index >= 15 is 0 Å². The number of aryl methyl sites for hydroxylation is 1. The smallest absolute Gasteiger partial charge is 0.112 e. The van der Waals surface area contributed by atoms with Gasteiger partial charge in [-0.3, -0.25) is 0 Å². The van der Waals surface area contributed by atoms with Crippen LogP contribution in [0.2, 0.25) is 0 Å². The van der Waals surface area contributed by atoms with Crippen molar-refractivity contribution in [3.63, 3.8) is 0 Å². The Bertz CT molecular complexity index is 557. The Labute approximate surface area is 112 Å². The molecule has 3 rings (SSSR count). The standard InChI is InChI=1S/C14H19N3S/c1-18-8-2-7-17-13-6-5-11(15)9-12(13)16-14(17)10-3-4-10/h5-6,9-10H,2-4,7-8,15H2,1H3. The monoisotopic (exact) mass is 261 g/mol. The Morgan fingerprint density at radius 2 is 2.28 bits per heavy atom. The zero-order chi connectivity index (χ0) is 12.5. The van der Waals surface area contributed by atoms with Crippen LogP contribution in [0.1, 0.15) is 31.0 Å². The number of nitrogens with zero attached hydrogens (tertiary/aromatic N) is 2. The predicted molar refractivity (Wildman–Crippen MR) is 79.1 cm³/mol. The first-order valence-corrected chi connectivity index (χ1v) is 7.93. The largest absolute Gasteiger partial charge is 0.399 e. The van der Waals surface area contributed by atoms with Crippen LogP contribution in [0.25, 0.3) is 11.0 Å². The van der Waals surface area contributed by atoms with Crippen LogP contribution in [0.4, 0.5) is 5.69 Å². The molecule has 1 aliphatic rings. The van der Waals surface area contributed by atoms with Gasteiger partial charge >= 0.3 is 0 Å². The summed E-state index contributed by atoms with van der Waals surface area (Å²) >= 11 is 1.91. The lowest BCUT2D eigenvalue weighted by molar-refractivity contribution is 0.660. The van der Waals surface area contributed by atoms with Crippen LogP contribution in [0.15, 0.2) is 18.2 Å². The van der Waals surface area contributed by atoms with E-state index in [1.807, 2.05) is 23.9 Å². The highest BCUT2D eigenvalue weighted by atomic mass is 32.2. The highest BCUT2D eigenvalue weighted by molar-refractivity contribution is 7.98. The number of imidazole rings is 1. The summed E-state index contributed by atoms with van der Waals surface area (Å²) in [4.78, 5) is 4.79. The Balaban J connectivity index is 1.99. The average Bonchev–Trinajstić information content (AvgIpc) is 3.13. The van der Waals surface area contributed by atoms with E-state index in [0.29, 0.717) is 5.92 Å². The third-order valence-corrected chi connectivity index (χ3v) is 4.17. The van der Waals surface area contributed by atoms with E-state index in [2.05, 4.69) is 16.9 Å². The van der Waals surface area contributed by atoms with E-state index < -0.39 is 0 Å². The molecule has 1 saturated carbocycles. The van der Waals surface area contributed by atoms with Crippen molar-refractivity contribution in [2.24, 2.45) is 0 Å². The van der Waals surface area contributed by atoms with Crippen LogP contribution in [-0.2, 0) is 6.54 Å². The predicted octanol–water partition coefficient (Wildman–Crippen LogP) is 3.25. The van der Waals surface area contributed by atoms with E-state index in [-0.39, 0.29) is 0 Å². The molecule has 2 aromatic rings. The first-order valence-electron chi connectivity index (χ1n) is 6.54. The summed E-state index contributed by atoms with van der Waals surface area (Å²) in [6.07, 6.45) is 5.95. The van der Waals surface area contributed by atoms with Gasteiger partial charge in [0.1, 0.15) is 5.82 Å². The number of aromatic nitrogens is 2. The summed E-state index contributed by atoms with van der Waals surface area (Å²) in [5.41, 5.74) is 8.95. The molecule has 3 nitrogen and oxygen atoms in total. The lowest BCUT2D eigenvalue weighted by Crippen LogP contribution is -2.03. The van der Waals surface area contributed by atoms with Gasteiger partial charge in [-0.1, -0.05) is 0 Å². The average molecular weight is 261 g/mol. The zero-order valence-corrected chi connectivity index (χ0v) is 11.5. The third-order valence-electron chi connectivity index (χ3n) is 3.47. The molecule has 96 valence electrons. The van der Waals surface area contributed by atoms with Crippen LogP contribution in [-0.4, -0.2) is 21.6 Å². The van der Waals surface area contributed by atoms with Crippen molar-refractivity contribution in [3.8, 4) is 0 Å². The van der Waals surface area contributed by atoms with Crippen LogP contribution in [0, 0.1) is 0 Å². The second-order valence-electron chi connectivity index (χ2n) is 4.99. The molecule has 0 bridgehead atoms. The number of fused-ring (bicyclic) bond motifs is 1. The second kappa shape index (κ2) is 4.84. The van der Waals surface area contributed by atoms with Crippen LogP contribution < -0.4 is 5.73 Å². The molecule has 0 spiro atoms. The van der Waals surface area contributed by atoms with Gasteiger partial charge in [0.15, 0.2) is 0 Å². The number of nitrogens with two attached hydrogens (primary N) is 1. The minimum Gasteiger partial charge on any atom is -0.399 e. The molecular weight excluding hydrogens is 242 g/mol. The van der Waals surface area contributed by atoms with Gasteiger partial charge < -0.3 is 10.3 Å². The maximum Gasteiger partial charge on any atom is 0.112 e. The second-order valence-corrected chi connectivity index (χ2v) is 5.98. The molecular formula is C14H19N3S. The maximum atomic E-state index is 5.84. The first kappa shape index (κ1) is 11.9. The summed E-state index contributed by atoms with van der Waals surface area (Å²) in [6, 6.07) is 6.08. The molecule has 1 heterocycles. The number of hydrogen-bond acceptors (Lipinski definition) is 3. The summed E-state index contributed by atoms with van der Waals surface area (Å²) in [5, 5.41) is 0. The van der Waals surface area contributed by atoms with E-state index in [0.717, 1.165) is 17.7 Å². The number of rotatable bonds is 5. The number of benzene rings is 1. The molecule has 1 aromatic heterocycles. The third kappa shape index (κ3) is 2.21. The molecule has 0 aliphatic heterocycles. The van der Waals surface area contributed by atoms with E-state index in [1.165, 1.54) is 36.4 Å². The Kier molecular flexibility index (Phi) is 3.20. The van der Waals surface area contributed by atoms with Crippen molar-refractivity contribution in [1.82, 2.24) is 9.55 Å². The van der Waals surface area contributed by atoms with Gasteiger partial charge in [-0.25, -0.2) is 4.98 Å². The molecule has 0 saturated heterocycles. The Morgan fingerprint density at radius 3 is 3.00 bits per heavy atom. The van der Waals surface area contributed by atoms with Gasteiger partial charge in [-0.15, -0.1) is 0 Å². The van der Waals surface area contributed by atoms with Gasteiger partial charge in [0.2, 0.25) is 0 Å².